The van der Waals surface area contributed by atoms with Crippen LogP contribution in [0.5, 0.6) is 0 Å². The van der Waals surface area contributed by atoms with Gasteiger partial charge in [-0.3, -0.25) is 37.3 Å². The molecule has 2 unspecified atom stereocenters. The van der Waals surface area contributed by atoms with Gasteiger partial charge in [0.1, 0.15) is 19.3 Å². The minimum atomic E-state index is -4.96. The Bertz CT molecular complexity index is 1890. The largest absolute Gasteiger partial charge is 0.472 e. The Hall–Kier alpha value is -1.94. The molecule has 0 rings (SSSR count). The fourth-order valence-electron chi connectivity index (χ4n) is 12.6. The highest BCUT2D eigenvalue weighted by Gasteiger charge is 2.30. The first-order chi connectivity index (χ1) is 48.7. The third kappa shape index (κ3) is 74.3. The molecule has 0 saturated carbocycles. The van der Waals surface area contributed by atoms with Crippen molar-refractivity contribution in [2.24, 2.45) is 0 Å². The van der Waals surface area contributed by atoms with Gasteiger partial charge in [0.2, 0.25) is 0 Å². The number of ether oxygens (including phenoxy) is 4. The van der Waals surface area contributed by atoms with E-state index in [1.54, 1.807) is 0 Å². The van der Waals surface area contributed by atoms with Crippen LogP contribution in [0.4, 0.5) is 0 Å². The van der Waals surface area contributed by atoms with Crippen molar-refractivity contribution >= 4 is 39.5 Å². The van der Waals surface area contributed by atoms with Crippen molar-refractivity contribution in [3.05, 3.63) is 0 Å². The van der Waals surface area contributed by atoms with Gasteiger partial charge in [0.15, 0.2) is 12.2 Å². The average molecular weight is 1470 g/mol. The van der Waals surface area contributed by atoms with E-state index in [1.165, 1.54) is 270 Å². The molecule has 0 saturated heterocycles. The molecule has 17 nitrogen and oxygen atoms in total. The topological polar surface area (TPSA) is 237 Å². The monoisotopic (exact) mass is 1470 g/mol. The summed E-state index contributed by atoms with van der Waals surface area (Å²) in [5, 5.41) is 10.6. The molecule has 0 spiro atoms. The average Bonchev–Trinajstić information content (AvgIpc) is 0.953. The van der Waals surface area contributed by atoms with Crippen molar-refractivity contribution in [3.63, 3.8) is 0 Å². The molecule has 0 aromatic carbocycles. The van der Waals surface area contributed by atoms with E-state index < -0.39 is 97.5 Å². The number of phosphoric ester groups is 2. The molecule has 0 aromatic rings. The summed E-state index contributed by atoms with van der Waals surface area (Å²) in [6.07, 6.45) is 68.2. The molecule has 0 heterocycles. The highest BCUT2D eigenvalue weighted by atomic mass is 31.2. The van der Waals surface area contributed by atoms with Gasteiger partial charge in [-0.05, 0) is 25.7 Å². The highest BCUT2D eigenvalue weighted by molar-refractivity contribution is 7.47. The molecule has 0 aromatic heterocycles. The maximum Gasteiger partial charge on any atom is 0.472 e. The van der Waals surface area contributed by atoms with Gasteiger partial charge < -0.3 is 33.8 Å². The second kappa shape index (κ2) is 75.3. The van der Waals surface area contributed by atoms with Crippen molar-refractivity contribution in [2.45, 2.75) is 457 Å². The predicted octanol–water partition coefficient (Wildman–Crippen LogP) is 24.6. The number of aliphatic hydroxyl groups is 1. The standard InChI is InChI=1S/C81H158O17P2/c1-5-9-13-17-21-25-28-31-33-35-37-39-41-43-45-48-50-54-58-62-66-79(84)92-72-77(98-81(86)68-64-60-56-52-49-46-44-42-40-38-36-34-32-29-26-22-18-14-10-6-2)74-96-100(89,90)94-70-75(82)69-93-99(87,88)95-73-76(71-91-78(83)65-61-57-53-24-20-16-12-8-4)97-80(85)67-63-59-55-51-47-30-27-23-19-15-11-7-3/h75-77,82H,5-74H2,1-4H3,(H,87,88)(H,89,90)/t75-,76+,77+/m0/s1. The number of carbonyl (C=O) groups is 4. The Kier molecular flexibility index (Phi) is 73.8. The number of phosphoric acid groups is 2. The lowest BCUT2D eigenvalue weighted by Gasteiger charge is -2.21. The molecule has 0 bridgehead atoms. The van der Waals surface area contributed by atoms with Crippen LogP contribution >= 0.6 is 15.6 Å². The minimum absolute atomic E-state index is 0.108. The van der Waals surface area contributed by atoms with Crippen molar-refractivity contribution in [1.82, 2.24) is 0 Å². The normalized spacial score (nSPS) is 13.8. The molecule has 100 heavy (non-hydrogen) atoms. The van der Waals surface area contributed by atoms with Gasteiger partial charge in [-0.25, -0.2) is 9.13 Å². The molecule has 594 valence electrons. The Morgan fingerprint density at radius 3 is 0.590 bits per heavy atom. The lowest BCUT2D eigenvalue weighted by molar-refractivity contribution is -0.161. The van der Waals surface area contributed by atoms with E-state index in [1.807, 2.05) is 0 Å². The molecule has 19 heteroatoms. The molecule has 0 fully saturated rings. The SMILES string of the molecule is CCCCCCCCCCCCCCCCCCCCCCC(=O)OC[C@H](COP(=O)(O)OC[C@@H](O)COP(=O)(O)OC[C@@H](COC(=O)CCCCCCCCCC)OC(=O)CCCCCCCCCCCCCC)OC(=O)CCCCCCCCCCCCCCCCCCCCCC. The van der Waals surface area contributed by atoms with Crippen molar-refractivity contribution in [1.29, 1.82) is 0 Å². The number of hydrogen-bond acceptors (Lipinski definition) is 15. The summed E-state index contributed by atoms with van der Waals surface area (Å²) in [5.41, 5.74) is 0. The van der Waals surface area contributed by atoms with Gasteiger partial charge in [0, 0.05) is 25.7 Å². The zero-order chi connectivity index (χ0) is 73.2. The van der Waals surface area contributed by atoms with E-state index >= 15 is 0 Å². The minimum Gasteiger partial charge on any atom is -0.462 e. The fourth-order valence-corrected chi connectivity index (χ4v) is 14.2. The van der Waals surface area contributed by atoms with Gasteiger partial charge in [0.05, 0.1) is 26.4 Å². The van der Waals surface area contributed by atoms with Gasteiger partial charge in [0.25, 0.3) is 0 Å². The maximum absolute atomic E-state index is 13.1. The van der Waals surface area contributed by atoms with Gasteiger partial charge in [-0.2, -0.15) is 0 Å². The summed E-state index contributed by atoms with van der Waals surface area (Å²) in [6, 6.07) is 0. The summed E-state index contributed by atoms with van der Waals surface area (Å²) in [6.45, 7) is 4.99. The molecule has 0 aliphatic carbocycles. The van der Waals surface area contributed by atoms with E-state index in [0.717, 1.165) is 89.9 Å². The van der Waals surface area contributed by atoms with Crippen LogP contribution in [0.25, 0.3) is 0 Å². The zero-order valence-corrected chi connectivity index (χ0v) is 67.0. The fraction of sp³-hybridized carbons (Fsp3) is 0.951. The first-order valence-electron chi connectivity index (χ1n) is 42.3. The van der Waals surface area contributed by atoms with Crippen LogP contribution in [0.1, 0.15) is 439 Å². The number of hydrogen-bond donors (Lipinski definition) is 3. The lowest BCUT2D eigenvalue weighted by Crippen LogP contribution is -2.30. The molecule has 0 aliphatic heterocycles. The highest BCUT2D eigenvalue weighted by Crippen LogP contribution is 2.45. The Labute approximate surface area is 613 Å². The third-order valence-corrected chi connectivity index (χ3v) is 21.0. The predicted molar refractivity (Wildman–Crippen MR) is 409 cm³/mol. The zero-order valence-electron chi connectivity index (χ0n) is 65.2. The second-order valence-corrected chi connectivity index (χ2v) is 32.1. The summed E-state index contributed by atoms with van der Waals surface area (Å²) < 4.78 is 68.6. The number of aliphatic hydroxyl groups excluding tert-OH is 1. The van der Waals surface area contributed by atoms with E-state index in [0.29, 0.717) is 25.7 Å². The van der Waals surface area contributed by atoms with Crippen molar-refractivity contribution in [3.8, 4) is 0 Å². The summed E-state index contributed by atoms with van der Waals surface area (Å²) >= 11 is 0. The van der Waals surface area contributed by atoms with Gasteiger partial charge in [-0.15, -0.1) is 0 Å². The smallest absolute Gasteiger partial charge is 0.462 e. The molecule has 5 atom stereocenters. The van der Waals surface area contributed by atoms with Crippen molar-refractivity contribution < 1.29 is 80.2 Å². The molecular weight excluding hydrogens is 1310 g/mol. The number of esters is 4. The summed E-state index contributed by atoms with van der Waals surface area (Å²) in [5.74, 6) is -2.11. The summed E-state index contributed by atoms with van der Waals surface area (Å²) in [4.78, 5) is 72.9. The van der Waals surface area contributed by atoms with E-state index in [-0.39, 0.29) is 25.7 Å². The second-order valence-electron chi connectivity index (χ2n) is 29.2. The van der Waals surface area contributed by atoms with Crippen LogP contribution in [0, 0.1) is 0 Å². The van der Waals surface area contributed by atoms with E-state index in [4.69, 9.17) is 37.0 Å². The molecule has 0 amide bonds. The van der Waals surface area contributed by atoms with Crippen LogP contribution < -0.4 is 0 Å². The Balaban J connectivity index is 5.17. The lowest BCUT2D eigenvalue weighted by atomic mass is 10.0. The van der Waals surface area contributed by atoms with Crippen LogP contribution in [0.3, 0.4) is 0 Å². The quantitative estimate of drug-likeness (QED) is 0.0222. The maximum atomic E-state index is 13.1. The molecule has 0 aliphatic rings. The molecular formula is C81H158O17P2. The van der Waals surface area contributed by atoms with Gasteiger partial charge in [-0.1, -0.05) is 387 Å². The Morgan fingerprint density at radius 2 is 0.400 bits per heavy atom. The molecule has 0 radical (unpaired) electrons. The number of carbonyl (C=O) groups excluding carboxylic acids is 4. The first-order valence-corrected chi connectivity index (χ1v) is 45.3. The Morgan fingerprint density at radius 1 is 0.240 bits per heavy atom. The van der Waals surface area contributed by atoms with E-state index in [2.05, 4.69) is 27.7 Å². The third-order valence-electron chi connectivity index (χ3n) is 19.1. The van der Waals surface area contributed by atoms with Crippen molar-refractivity contribution in [2.75, 3.05) is 39.6 Å². The van der Waals surface area contributed by atoms with Crippen LogP contribution in [0.2, 0.25) is 0 Å². The number of rotatable bonds is 82. The summed E-state index contributed by atoms with van der Waals surface area (Å²) in [7, 11) is -9.91. The van der Waals surface area contributed by atoms with Crippen LogP contribution in [0.15, 0.2) is 0 Å². The molecule has 3 N–H and O–H groups in total. The van der Waals surface area contributed by atoms with Gasteiger partial charge >= 0.3 is 39.5 Å². The first kappa shape index (κ1) is 98.1. The van der Waals surface area contributed by atoms with E-state index in [9.17, 15) is 43.2 Å². The number of unbranched alkanes of at least 4 members (excludes halogenated alkanes) is 56. The van der Waals surface area contributed by atoms with Crippen LogP contribution in [-0.2, 0) is 65.4 Å². The van der Waals surface area contributed by atoms with Crippen LogP contribution in [-0.4, -0.2) is 96.7 Å².